The van der Waals surface area contributed by atoms with E-state index in [4.69, 9.17) is 0 Å². The number of hydrogen-bond acceptors (Lipinski definition) is 7. The highest BCUT2D eigenvalue weighted by Gasteiger charge is 2.29. The maximum absolute atomic E-state index is 12.9. The maximum atomic E-state index is 12.9. The minimum Gasteiger partial charge on any atom is -0.343 e. The Morgan fingerprint density at radius 3 is 2.72 bits per heavy atom. The van der Waals surface area contributed by atoms with E-state index in [1.165, 1.54) is 17.0 Å². The number of thiophene rings is 1. The van der Waals surface area contributed by atoms with Gasteiger partial charge in [0.2, 0.25) is 10.0 Å². The molecular formula is C21H28N4O4S3. The summed E-state index contributed by atoms with van der Waals surface area (Å²) in [5.74, 6) is 0.928. The third kappa shape index (κ3) is 4.60. The van der Waals surface area contributed by atoms with Crippen molar-refractivity contribution in [2.24, 2.45) is 0 Å². The number of nitrogens with one attached hydrogen (secondary N) is 3. The summed E-state index contributed by atoms with van der Waals surface area (Å²) in [4.78, 5) is 8.82. The average molecular weight is 497 g/mol. The summed E-state index contributed by atoms with van der Waals surface area (Å²) in [6.07, 6.45) is 4.92. The highest BCUT2D eigenvalue weighted by molar-refractivity contribution is 8.24. The van der Waals surface area contributed by atoms with E-state index in [-0.39, 0.29) is 21.8 Å². The monoisotopic (exact) mass is 496 g/mol. The van der Waals surface area contributed by atoms with Gasteiger partial charge in [0, 0.05) is 57.7 Å². The number of aromatic amines is 1. The lowest BCUT2D eigenvalue weighted by atomic mass is 9.96. The number of piperidine rings is 1. The smallest absolute Gasteiger partial charge is 0.250 e. The van der Waals surface area contributed by atoms with Crippen molar-refractivity contribution in [2.75, 3.05) is 24.6 Å². The normalized spacial score (nSPS) is 23.4. The minimum atomic E-state index is -3.67. The first-order valence-electron chi connectivity index (χ1n) is 10.9. The Hall–Kier alpha value is -1.47. The van der Waals surface area contributed by atoms with Crippen LogP contribution in [-0.4, -0.2) is 58.1 Å². The van der Waals surface area contributed by atoms with Crippen LogP contribution in [0.25, 0.3) is 21.5 Å². The van der Waals surface area contributed by atoms with Gasteiger partial charge in [-0.05, 0) is 56.5 Å². The molecule has 3 aromatic rings. The van der Waals surface area contributed by atoms with Crippen molar-refractivity contribution >= 4 is 43.0 Å². The fourth-order valence-corrected chi connectivity index (χ4v) is 8.71. The number of pyridine rings is 1. The molecule has 0 spiro atoms. The number of fused-ring (bicyclic) bond motifs is 1. The SMILES string of the molecule is O=S(=O)(NC1CCS(O)(O)CC1)c1ccc(-c2ccnc3[nH]c(C4CCCNC4)cc23)s1. The van der Waals surface area contributed by atoms with Gasteiger partial charge in [0.25, 0.3) is 0 Å². The summed E-state index contributed by atoms with van der Waals surface area (Å²) in [6.45, 7) is 2.01. The van der Waals surface area contributed by atoms with Crippen molar-refractivity contribution in [2.45, 2.75) is 41.9 Å². The topological polar surface area (TPSA) is 127 Å². The molecule has 0 saturated carbocycles. The van der Waals surface area contributed by atoms with E-state index in [2.05, 4.69) is 26.1 Å². The van der Waals surface area contributed by atoms with Crippen LogP contribution in [0.15, 0.2) is 34.7 Å². The van der Waals surface area contributed by atoms with Crippen LogP contribution in [0.5, 0.6) is 0 Å². The van der Waals surface area contributed by atoms with E-state index < -0.39 is 20.6 Å². The van der Waals surface area contributed by atoms with E-state index in [0.717, 1.165) is 47.4 Å². The van der Waals surface area contributed by atoms with Gasteiger partial charge in [-0.15, -0.1) is 11.3 Å². The zero-order valence-electron chi connectivity index (χ0n) is 17.6. The van der Waals surface area contributed by atoms with Gasteiger partial charge >= 0.3 is 0 Å². The summed E-state index contributed by atoms with van der Waals surface area (Å²) in [6, 6.07) is 7.31. The predicted octanol–water partition coefficient (Wildman–Crippen LogP) is 3.95. The molecule has 1 unspecified atom stereocenters. The average Bonchev–Trinajstić information content (AvgIpc) is 3.43. The molecule has 2 aliphatic heterocycles. The molecule has 1 atom stereocenters. The number of nitrogens with zero attached hydrogens (tertiary/aromatic N) is 1. The van der Waals surface area contributed by atoms with Crippen LogP contribution in [0, 0.1) is 0 Å². The number of H-pyrrole nitrogens is 1. The highest BCUT2D eigenvalue weighted by atomic mass is 32.3. The number of sulfonamides is 1. The Morgan fingerprint density at radius 2 is 1.97 bits per heavy atom. The molecule has 2 aliphatic rings. The van der Waals surface area contributed by atoms with E-state index in [9.17, 15) is 17.5 Å². The molecule has 11 heteroatoms. The van der Waals surface area contributed by atoms with Crippen LogP contribution >= 0.6 is 21.9 Å². The van der Waals surface area contributed by atoms with E-state index in [1.54, 1.807) is 12.3 Å². The van der Waals surface area contributed by atoms with Crippen molar-refractivity contribution in [3.63, 3.8) is 0 Å². The third-order valence-corrected chi connectivity index (χ3v) is 11.2. The summed E-state index contributed by atoms with van der Waals surface area (Å²) in [7, 11) is -6.21. The second kappa shape index (κ2) is 8.71. The standard InChI is InChI=1S/C21H28N4O4S3/c26-31(27)10-6-15(7-11-31)25-32(28,29)20-4-3-19(30-20)16-5-9-23-21-17(16)12-18(24-21)14-2-1-8-22-13-14/h3-5,9,12,14-15,22,25-27H,1-2,6-8,10-11,13H2,(H,23,24). The van der Waals surface area contributed by atoms with Crippen LogP contribution in [-0.2, 0) is 10.0 Å². The first-order chi connectivity index (χ1) is 15.3. The number of aromatic nitrogens is 2. The van der Waals surface area contributed by atoms with Crippen LogP contribution in [0.3, 0.4) is 0 Å². The zero-order chi connectivity index (χ0) is 22.3. The largest absolute Gasteiger partial charge is 0.343 e. The van der Waals surface area contributed by atoms with Crippen molar-refractivity contribution in [1.82, 2.24) is 20.0 Å². The number of hydrogen-bond donors (Lipinski definition) is 5. The fraction of sp³-hybridized carbons (Fsp3) is 0.476. The molecule has 0 aliphatic carbocycles. The Labute approximate surface area is 193 Å². The van der Waals surface area contributed by atoms with E-state index >= 15 is 0 Å². The fourth-order valence-electron chi connectivity index (χ4n) is 4.51. The summed E-state index contributed by atoms with van der Waals surface area (Å²) >= 11 is 1.24. The lowest BCUT2D eigenvalue weighted by Gasteiger charge is -2.39. The Bertz CT molecular complexity index is 1200. The van der Waals surface area contributed by atoms with E-state index in [1.807, 2.05) is 12.1 Å². The van der Waals surface area contributed by atoms with Gasteiger partial charge in [-0.25, -0.2) is 18.1 Å². The second-order valence-corrected chi connectivity index (χ2v) is 14.1. The van der Waals surface area contributed by atoms with Gasteiger partial charge in [0.05, 0.1) is 0 Å². The summed E-state index contributed by atoms with van der Waals surface area (Å²) in [5, 5.41) is 4.45. The van der Waals surface area contributed by atoms with Gasteiger partial charge in [-0.2, -0.15) is 10.6 Å². The molecule has 5 N–H and O–H groups in total. The first kappa shape index (κ1) is 22.3. The van der Waals surface area contributed by atoms with Crippen LogP contribution in [0.4, 0.5) is 0 Å². The summed E-state index contributed by atoms with van der Waals surface area (Å²) in [5.41, 5.74) is 2.96. The van der Waals surface area contributed by atoms with Gasteiger partial charge in [0.15, 0.2) is 0 Å². The number of rotatable bonds is 5. The zero-order valence-corrected chi connectivity index (χ0v) is 20.0. The molecule has 0 amide bonds. The molecule has 2 saturated heterocycles. The molecule has 0 radical (unpaired) electrons. The lowest BCUT2D eigenvalue weighted by molar-refractivity contribution is 0.444. The molecule has 0 bridgehead atoms. The molecule has 3 aromatic heterocycles. The lowest BCUT2D eigenvalue weighted by Crippen LogP contribution is -2.39. The molecule has 8 nitrogen and oxygen atoms in total. The summed E-state index contributed by atoms with van der Waals surface area (Å²) < 4.78 is 48.4. The predicted molar refractivity (Wildman–Crippen MR) is 130 cm³/mol. The van der Waals surface area contributed by atoms with Crippen molar-refractivity contribution in [1.29, 1.82) is 0 Å². The Balaban J connectivity index is 1.38. The minimum absolute atomic E-state index is 0.247. The quantitative estimate of drug-likeness (QED) is 0.364. The molecule has 2 fully saturated rings. The van der Waals surface area contributed by atoms with Gasteiger partial charge < -0.3 is 10.3 Å². The van der Waals surface area contributed by atoms with Crippen LogP contribution in [0.2, 0.25) is 0 Å². The van der Waals surface area contributed by atoms with Gasteiger partial charge in [0.1, 0.15) is 9.86 Å². The van der Waals surface area contributed by atoms with E-state index in [0.29, 0.717) is 18.8 Å². The molecule has 174 valence electrons. The van der Waals surface area contributed by atoms with Gasteiger partial charge in [-0.3, -0.25) is 9.11 Å². The van der Waals surface area contributed by atoms with Crippen molar-refractivity contribution in [3.05, 3.63) is 36.2 Å². The Morgan fingerprint density at radius 1 is 1.16 bits per heavy atom. The maximum Gasteiger partial charge on any atom is 0.250 e. The Kier molecular flexibility index (Phi) is 6.08. The van der Waals surface area contributed by atoms with Crippen LogP contribution in [0.1, 0.15) is 37.3 Å². The molecule has 5 heterocycles. The van der Waals surface area contributed by atoms with Gasteiger partial charge in [-0.1, -0.05) is 0 Å². The first-order valence-corrected chi connectivity index (χ1v) is 15.0. The molecule has 0 aromatic carbocycles. The molecule has 32 heavy (non-hydrogen) atoms. The second-order valence-electron chi connectivity index (χ2n) is 8.61. The third-order valence-electron chi connectivity index (χ3n) is 6.31. The molecule has 5 rings (SSSR count). The van der Waals surface area contributed by atoms with Crippen LogP contribution < -0.4 is 10.0 Å². The molecular weight excluding hydrogens is 468 g/mol. The van der Waals surface area contributed by atoms with Crippen molar-refractivity contribution < 1.29 is 17.5 Å². The highest BCUT2D eigenvalue weighted by Crippen LogP contribution is 2.44. The van der Waals surface area contributed by atoms with Crippen molar-refractivity contribution in [3.8, 4) is 10.4 Å².